The SMILES string of the molecule is Cc1cc(C(=O)Nc2cc(C)ccc2C)cc(S(N)(=O)=O)c1. The summed E-state index contributed by atoms with van der Waals surface area (Å²) in [6.07, 6.45) is 0. The smallest absolute Gasteiger partial charge is 0.255 e. The zero-order chi connectivity index (χ0) is 16.5. The molecule has 0 aliphatic heterocycles. The van der Waals surface area contributed by atoms with Gasteiger partial charge in [-0.2, -0.15) is 0 Å². The first-order valence-electron chi connectivity index (χ1n) is 6.70. The van der Waals surface area contributed by atoms with Gasteiger partial charge in [0.05, 0.1) is 4.90 Å². The molecular weight excluding hydrogens is 300 g/mol. The van der Waals surface area contributed by atoms with E-state index in [0.717, 1.165) is 11.1 Å². The Balaban J connectivity index is 2.38. The van der Waals surface area contributed by atoms with Crippen LogP contribution in [-0.4, -0.2) is 14.3 Å². The number of anilines is 1. The van der Waals surface area contributed by atoms with E-state index in [9.17, 15) is 13.2 Å². The minimum Gasteiger partial charge on any atom is -0.322 e. The lowest BCUT2D eigenvalue weighted by Crippen LogP contribution is -2.16. The Kier molecular flexibility index (Phi) is 4.35. The van der Waals surface area contributed by atoms with Crippen LogP contribution >= 0.6 is 0 Å². The molecule has 1 amide bonds. The van der Waals surface area contributed by atoms with Crippen LogP contribution in [0.25, 0.3) is 0 Å². The van der Waals surface area contributed by atoms with Gasteiger partial charge in [-0.05, 0) is 61.7 Å². The third-order valence-electron chi connectivity index (χ3n) is 3.28. The average Bonchev–Trinajstić information content (AvgIpc) is 2.41. The lowest BCUT2D eigenvalue weighted by molar-refractivity contribution is 0.102. The van der Waals surface area contributed by atoms with Crippen molar-refractivity contribution in [3.63, 3.8) is 0 Å². The third-order valence-corrected chi connectivity index (χ3v) is 4.18. The predicted molar refractivity (Wildman–Crippen MR) is 86.4 cm³/mol. The molecule has 0 saturated heterocycles. The topological polar surface area (TPSA) is 89.3 Å². The van der Waals surface area contributed by atoms with Crippen molar-refractivity contribution in [1.29, 1.82) is 0 Å². The maximum absolute atomic E-state index is 12.4. The van der Waals surface area contributed by atoms with Crippen LogP contribution in [0.1, 0.15) is 27.0 Å². The Morgan fingerprint density at radius 3 is 2.32 bits per heavy atom. The molecule has 5 nitrogen and oxygen atoms in total. The molecule has 0 aromatic heterocycles. The molecule has 0 unspecified atom stereocenters. The van der Waals surface area contributed by atoms with Gasteiger partial charge < -0.3 is 5.32 Å². The normalized spacial score (nSPS) is 11.3. The maximum atomic E-state index is 12.4. The maximum Gasteiger partial charge on any atom is 0.255 e. The van der Waals surface area contributed by atoms with Crippen molar-refractivity contribution in [3.05, 3.63) is 58.7 Å². The summed E-state index contributed by atoms with van der Waals surface area (Å²) in [6, 6.07) is 10.1. The summed E-state index contributed by atoms with van der Waals surface area (Å²) < 4.78 is 22.9. The highest BCUT2D eigenvalue weighted by Crippen LogP contribution is 2.19. The van der Waals surface area contributed by atoms with Crippen LogP contribution in [0.4, 0.5) is 5.69 Å². The fourth-order valence-corrected chi connectivity index (χ4v) is 2.75. The zero-order valence-corrected chi connectivity index (χ0v) is 13.5. The van der Waals surface area contributed by atoms with E-state index in [1.165, 1.54) is 12.1 Å². The van der Waals surface area contributed by atoms with Gasteiger partial charge in [-0.3, -0.25) is 4.79 Å². The minimum atomic E-state index is -3.85. The Hall–Kier alpha value is -2.18. The summed E-state index contributed by atoms with van der Waals surface area (Å²) in [5.41, 5.74) is 3.56. The number of primary sulfonamides is 1. The van der Waals surface area contributed by atoms with Crippen molar-refractivity contribution in [3.8, 4) is 0 Å². The first-order chi connectivity index (χ1) is 10.2. The van der Waals surface area contributed by atoms with Gasteiger partial charge in [0.2, 0.25) is 10.0 Å². The fourth-order valence-electron chi connectivity index (χ4n) is 2.11. The number of hydrogen-bond donors (Lipinski definition) is 2. The fraction of sp³-hybridized carbons (Fsp3) is 0.188. The molecule has 0 heterocycles. The number of nitrogens with one attached hydrogen (secondary N) is 1. The summed E-state index contributed by atoms with van der Waals surface area (Å²) in [7, 11) is -3.85. The average molecular weight is 318 g/mol. The van der Waals surface area contributed by atoms with Crippen LogP contribution in [-0.2, 0) is 10.0 Å². The van der Waals surface area contributed by atoms with Gasteiger partial charge in [-0.1, -0.05) is 12.1 Å². The molecule has 2 rings (SSSR count). The Bertz CT molecular complexity index is 842. The third kappa shape index (κ3) is 3.72. The van der Waals surface area contributed by atoms with E-state index >= 15 is 0 Å². The van der Waals surface area contributed by atoms with Gasteiger partial charge in [-0.15, -0.1) is 0 Å². The van der Waals surface area contributed by atoms with Gasteiger partial charge >= 0.3 is 0 Å². The van der Waals surface area contributed by atoms with Crippen molar-refractivity contribution in [2.45, 2.75) is 25.7 Å². The van der Waals surface area contributed by atoms with Gasteiger partial charge in [0.15, 0.2) is 0 Å². The zero-order valence-electron chi connectivity index (χ0n) is 12.7. The molecule has 2 aromatic carbocycles. The summed E-state index contributed by atoms with van der Waals surface area (Å²) >= 11 is 0. The van der Waals surface area contributed by atoms with Gasteiger partial charge in [0.1, 0.15) is 0 Å². The van der Waals surface area contributed by atoms with Crippen LogP contribution in [0.5, 0.6) is 0 Å². The van der Waals surface area contributed by atoms with Gasteiger partial charge in [-0.25, -0.2) is 13.6 Å². The molecule has 3 N–H and O–H groups in total. The van der Waals surface area contributed by atoms with E-state index in [-0.39, 0.29) is 16.4 Å². The van der Waals surface area contributed by atoms with E-state index in [2.05, 4.69) is 5.32 Å². The van der Waals surface area contributed by atoms with Crippen LogP contribution in [0.15, 0.2) is 41.3 Å². The van der Waals surface area contributed by atoms with E-state index in [4.69, 9.17) is 5.14 Å². The standard InChI is InChI=1S/C16H18N2O3S/c1-10-4-5-12(3)15(8-10)18-16(19)13-6-11(2)7-14(9-13)22(17,20)21/h4-9H,1-3H3,(H,18,19)(H2,17,20,21). The number of aryl methyl sites for hydroxylation is 3. The van der Waals surface area contributed by atoms with Crippen molar-refractivity contribution in [2.24, 2.45) is 5.14 Å². The number of nitrogens with two attached hydrogens (primary N) is 1. The molecule has 0 aliphatic carbocycles. The molecule has 0 radical (unpaired) electrons. The summed E-state index contributed by atoms with van der Waals surface area (Å²) in [5, 5.41) is 7.93. The van der Waals surface area contributed by atoms with Gasteiger partial charge in [0, 0.05) is 11.3 Å². The number of sulfonamides is 1. The van der Waals surface area contributed by atoms with E-state index in [1.807, 2.05) is 32.0 Å². The summed E-state index contributed by atoms with van der Waals surface area (Å²) in [4.78, 5) is 12.3. The second-order valence-electron chi connectivity index (χ2n) is 5.35. The van der Waals surface area contributed by atoms with Crippen molar-refractivity contribution < 1.29 is 13.2 Å². The van der Waals surface area contributed by atoms with E-state index in [1.54, 1.807) is 13.0 Å². The number of benzene rings is 2. The van der Waals surface area contributed by atoms with Gasteiger partial charge in [0.25, 0.3) is 5.91 Å². The molecule has 0 aliphatic rings. The molecule has 22 heavy (non-hydrogen) atoms. The van der Waals surface area contributed by atoms with Crippen molar-refractivity contribution in [2.75, 3.05) is 5.32 Å². The first-order valence-corrected chi connectivity index (χ1v) is 8.24. The highest BCUT2D eigenvalue weighted by atomic mass is 32.2. The molecule has 116 valence electrons. The quantitative estimate of drug-likeness (QED) is 0.911. The van der Waals surface area contributed by atoms with Crippen LogP contribution in [0.3, 0.4) is 0 Å². The van der Waals surface area contributed by atoms with Crippen LogP contribution in [0, 0.1) is 20.8 Å². The molecule has 2 aromatic rings. The second kappa shape index (κ2) is 5.90. The monoisotopic (exact) mass is 318 g/mol. The first kappa shape index (κ1) is 16.2. The van der Waals surface area contributed by atoms with Crippen molar-refractivity contribution in [1.82, 2.24) is 0 Å². The molecule has 0 spiro atoms. The van der Waals surface area contributed by atoms with Crippen LogP contribution in [0.2, 0.25) is 0 Å². The molecule has 0 atom stereocenters. The minimum absolute atomic E-state index is 0.0707. The molecule has 0 bridgehead atoms. The summed E-state index contributed by atoms with van der Waals surface area (Å²) in [6.45, 7) is 5.53. The number of rotatable bonds is 3. The number of carbonyl (C=O) groups is 1. The van der Waals surface area contributed by atoms with E-state index in [0.29, 0.717) is 11.3 Å². The highest BCUT2D eigenvalue weighted by Gasteiger charge is 2.14. The van der Waals surface area contributed by atoms with Crippen LogP contribution < -0.4 is 10.5 Å². The number of amides is 1. The summed E-state index contributed by atoms with van der Waals surface area (Å²) in [5.74, 6) is -0.373. The molecule has 6 heteroatoms. The molecular formula is C16H18N2O3S. The van der Waals surface area contributed by atoms with Crippen molar-refractivity contribution >= 4 is 21.6 Å². The lowest BCUT2D eigenvalue weighted by Gasteiger charge is -2.11. The second-order valence-corrected chi connectivity index (χ2v) is 6.91. The highest BCUT2D eigenvalue weighted by molar-refractivity contribution is 7.89. The molecule has 0 saturated carbocycles. The number of hydrogen-bond acceptors (Lipinski definition) is 3. The molecule has 0 fully saturated rings. The Morgan fingerprint density at radius 1 is 1.00 bits per heavy atom. The number of carbonyl (C=O) groups excluding carboxylic acids is 1. The predicted octanol–water partition coefficient (Wildman–Crippen LogP) is 2.51. The van der Waals surface area contributed by atoms with E-state index < -0.39 is 10.0 Å². The Morgan fingerprint density at radius 2 is 1.68 bits per heavy atom. The largest absolute Gasteiger partial charge is 0.322 e. The lowest BCUT2D eigenvalue weighted by atomic mass is 10.1. The Labute approximate surface area is 130 Å².